The molecule has 1 atom stereocenters. The van der Waals surface area contributed by atoms with E-state index in [1.54, 1.807) is 24.3 Å². The van der Waals surface area contributed by atoms with Crippen LogP contribution in [-0.2, 0) is 11.2 Å². The topological polar surface area (TPSA) is 29.1 Å². The zero-order valence-electron chi connectivity index (χ0n) is 11.0. The summed E-state index contributed by atoms with van der Waals surface area (Å²) in [6.45, 7) is 0. The van der Waals surface area contributed by atoms with Crippen molar-refractivity contribution < 1.29 is 9.18 Å². The molecule has 0 spiro atoms. The van der Waals surface area contributed by atoms with Gasteiger partial charge >= 0.3 is 0 Å². The maximum Gasteiger partial charge on any atom is 0.224 e. The Morgan fingerprint density at radius 1 is 1.19 bits per heavy atom. The van der Waals surface area contributed by atoms with Crippen molar-refractivity contribution in [3.05, 3.63) is 63.9 Å². The molecule has 3 rings (SSSR count). The van der Waals surface area contributed by atoms with Gasteiger partial charge in [0.15, 0.2) is 0 Å². The van der Waals surface area contributed by atoms with E-state index in [4.69, 9.17) is 23.2 Å². The molecule has 0 saturated carbocycles. The molecule has 0 bridgehead atoms. The predicted molar refractivity (Wildman–Crippen MR) is 82.5 cm³/mol. The normalized spacial score (nSPS) is 15.3. The molecule has 0 aliphatic carbocycles. The highest BCUT2D eigenvalue weighted by Gasteiger charge is 2.21. The number of nitrogens with one attached hydrogen (secondary N) is 1. The SMILES string of the molecule is O=C1CCc2cc(C(Cl)c3cccc(Cl)c3)c(F)cc2N1. The molecule has 1 aliphatic heterocycles. The van der Waals surface area contributed by atoms with Gasteiger partial charge in [0.1, 0.15) is 5.82 Å². The average Bonchev–Trinajstić information content (AvgIpc) is 2.45. The van der Waals surface area contributed by atoms with Gasteiger partial charge in [0, 0.05) is 22.7 Å². The number of alkyl halides is 1. The summed E-state index contributed by atoms with van der Waals surface area (Å²) < 4.78 is 14.3. The number of aryl methyl sites for hydroxylation is 1. The average molecular weight is 324 g/mol. The third-order valence-electron chi connectivity index (χ3n) is 3.53. The molecule has 0 saturated heterocycles. The van der Waals surface area contributed by atoms with Crippen LogP contribution in [0.4, 0.5) is 10.1 Å². The number of fused-ring (bicyclic) bond motifs is 1. The lowest BCUT2D eigenvalue weighted by molar-refractivity contribution is -0.116. The van der Waals surface area contributed by atoms with E-state index in [-0.39, 0.29) is 5.91 Å². The van der Waals surface area contributed by atoms with Crippen LogP contribution in [0.1, 0.15) is 28.5 Å². The van der Waals surface area contributed by atoms with Crippen LogP contribution in [0.5, 0.6) is 0 Å². The maximum atomic E-state index is 14.3. The summed E-state index contributed by atoms with van der Waals surface area (Å²) in [7, 11) is 0. The highest BCUT2D eigenvalue weighted by molar-refractivity contribution is 6.30. The molecule has 2 aromatic carbocycles. The fraction of sp³-hybridized carbons (Fsp3) is 0.188. The summed E-state index contributed by atoms with van der Waals surface area (Å²) in [6.07, 6.45) is 0.996. The van der Waals surface area contributed by atoms with Gasteiger partial charge in [-0.1, -0.05) is 23.7 Å². The summed E-state index contributed by atoms with van der Waals surface area (Å²) in [5, 5.41) is 2.61. The van der Waals surface area contributed by atoms with Crippen LogP contribution in [-0.4, -0.2) is 5.91 Å². The minimum absolute atomic E-state index is 0.0908. The first-order valence-electron chi connectivity index (χ1n) is 6.56. The van der Waals surface area contributed by atoms with Gasteiger partial charge in [0.2, 0.25) is 5.91 Å². The van der Waals surface area contributed by atoms with Gasteiger partial charge in [0.05, 0.1) is 5.38 Å². The summed E-state index contributed by atoms with van der Waals surface area (Å²) >= 11 is 12.3. The van der Waals surface area contributed by atoms with Crippen molar-refractivity contribution in [3.63, 3.8) is 0 Å². The molecule has 2 nitrogen and oxygen atoms in total. The lowest BCUT2D eigenvalue weighted by atomic mass is 9.96. The van der Waals surface area contributed by atoms with Crippen LogP contribution in [0.25, 0.3) is 0 Å². The molecule has 1 heterocycles. The molecule has 0 fully saturated rings. The Hall–Kier alpha value is -1.58. The van der Waals surface area contributed by atoms with Crippen molar-refractivity contribution in [1.82, 2.24) is 0 Å². The van der Waals surface area contributed by atoms with E-state index in [2.05, 4.69) is 5.32 Å². The Labute approximate surface area is 131 Å². The molecule has 1 unspecified atom stereocenters. The molecule has 1 aliphatic rings. The fourth-order valence-electron chi connectivity index (χ4n) is 2.46. The summed E-state index contributed by atoms with van der Waals surface area (Å²) in [4.78, 5) is 11.3. The van der Waals surface area contributed by atoms with Crippen LogP contribution in [0.2, 0.25) is 5.02 Å². The Bertz CT molecular complexity index is 717. The fourth-order valence-corrected chi connectivity index (χ4v) is 2.96. The van der Waals surface area contributed by atoms with E-state index in [0.717, 1.165) is 11.1 Å². The van der Waals surface area contributed by atoms with Crippen molar-refractivity contribution in [2.24, 2.45) is 0 Å². The summed E-state index contributed by atoms with van der Waals surface area (Å²) in [5.74, 6) is -0.525. The number of halogens is 3. The van der Waals surface area contributed by atoms with Crippen LogP contribution >= 0.6 is 23.2 Å². The van der Waals surface area contributed by atoms with Gasteiger partial charge < -0.3 is 5.32 Å². The summed E-state index contributed by atoms with van der Waals surface area (Å²) in [5.41, 5.74) is 2.57. The summed E-state index contributed by atoms with van der Waals surface area (Å²) in [6, 6.07) is 10.1. The number of benzene rings is 2. The molecular formula is C16H12Cl2FNO. The molecule has 2 aromatic rings. The first-order valence-corrected chi connectivity index (χ1v) is 7.38. The first kappa shape index (κ1) is 14.4. The van der Waals surface area contributed by atoms with Crippen LogP contribution < -0.4 is 5.32 Å². The van der Waals surface area contributed by atoms with Crippen LogP contribution in [0, 0.1) is 5.82 Å². The Morgan fingerprint density at radius 3 is 2.76 bits per heavy atom. The lowest BCUT2D eigenvalue weighted by Gasteiger charge is -2.20. The molecule has 5 heteroatoms. The molecule has 1 amide bonds. The van der Waals surface area contributed by atoms with E-state index < -0.39 is 11.2 Å². The van der Waals surface area contributed by atoms with Gasteiger partial charge in [-0.15, -0.1) is 11.6 Å². The van der Waals surface area contributed by atoms with E-state index in [1.165, 1.54) is 6.07 Å². The monoisotopic (exact) mass is 323 g/mol. The quantitative estimate of drug-likeness (QED) is 0.798. The Morgan fingerprint density at radius 2 is 2.00 bits per heavy atom. The van der Waals surface area contributed by atoms with Crippen molar-refractivity contribution in [2.75, 3.05) is 5.32 Å². The van der Waals surface area contributed by atoms with Gasteiger partial charge in [0.25, 0.3) is 0 Å². The first-order chi connectivity index (χ1) is 10.0. The smallest absolute Gasteiger partial charge is 0.224 e. The van der Waals surface area contributed by atoms with Crippen molar-refractivity contribution >= 4 is 34.8 Å². The second-order valence-electron chi connectivity index (χ2n) is 5.00. The zero-order valence-corrected chi connectivity index (χ0v) is 12.5. The Kier molecular flexibility index (Phi) is 3.87. The zero-order chi connectivity index (χ0) is 15.0. The highest BCUT2D eigenvalue weighted by Crippen LogP contribution is 2.35. The number of anilines is 1. The largest absolute Gasteiger partial charge is 0.326 e. The molecule has 0 aromatic heterocycles. The number of amides is 1. The Balaban J connectivity index is 2.01. The van der Waals surface area contributed by atoms with Gasteiger partial charge in [-0.05, 0) is 41.8 Å². The third-order valence-corrected chi connectivity index (χ3v) is 4.25. The molecule has 21 heavy (non-hydrogen) atoms. The van der Waals surface area contributed by atoms with Crippen molar-refractivity contribution in [1.29, 1.82) is 0 Å². The second kappa shape index (κ2) is 5.66. The molecule has 108 valence electrons. The molecule has 0 radical (unpaired) electrons. The third kappa shape index (κ3) is 2.89. The number of hydrogen-bond donors (Lipinski definition) is 1. The van der Waals surface area contributed by atoms with Crippen molar-refractivity contribution in [2.45, 2.75) is 18.2 Å². The number of carbonyl (C=O) groups is 1. The molecule has 1 N–H and O–H groups in total. The van der Waals surface area contributed by atoms with Gasteiger partial charge in [-0.2, -0.15) is 0 Å². The van der Waals surface area contributed by atoms with E-state index in [1.807, 2.05) is 6.07 Å². The van der Waals surface area contributed by atoms with Crippen LogP contribution in [0.15, 0.2) is 36.4 Å². The minimum atomic E-state index is -0.619. The van der Waals surface area contributed by atoms with Crippen molar-refractivity contribution in [3.8, 4) is 0 Å². The van der Waals surface area contributed by atoms with Gasteiger partial charge in [-0.3, -0.25) is 4.79 Å². The minimum Gasteiger partial charge on any atom is -0.326 e. The standard InChI is InChI=1S/C16H12Cl2FNO/c17-11-3-1-2-10(6-11)16(18)12-7-9-4-5-15(21)20-14(9)8-13(12)19/h1-3,6-8,16H,4-5H2,(H,20,21). The number of hydrogen-bond acceptors (Lipinski definition) is 1. The molecular weight excluding hydrogens is 312 g/mol. The van der Waals surface area contributed by atoms with E-state index in [9.17, 15) is 9.18 Å². The number of carbonyl (C=O) groups excluding carboxylic acids is 1. The van der Waals surface area contributed by atoms with E-state index >= 15 is 0 Å². The highest BCUT2D eigenvalue weighted by atomic mass is 35.5. The van der Waals surface area contributed by atoms with Gasteiger partial charge in [-0.25, -0.2) is 4.39 Å². The van der Waals surface area contributed by atoms with E-state index in [0.29, 0.717) is 29.1 Å². The maximum absolute atomic E-state index is 14.3. The predicted octanol–water partition coefficient (Wildman–Crippen LogP) is 4.69. The van der Waals surface area contributed by atoms with Crippen LogP contribution in [0.3, 0.4) is 0 Å². The lowest BCUT2D eigenvalue weighted by Crippen LogP contribution is -2.19. The second-order valence-corrected chi connectivity index (χ2v) is 5.87. The number of rotatable bonds is 2.